The van der Waals surface area contributed by atoms with E-state index in [1.165, 1.54) is 0 Å². The van der Waals surface area contributed by atoms with Crippen molar-refractivity contribution in [1.29, 1.82) is 0 Å². The van der Waals surface area contributed by atoms with Crippen LogP contribution in [0.15, 0.2) is 22.8 Å². The van der Waals surface area contributed by atoms with Crippen molar-refractivity contribution in [2.24, 2.45) is 5.41 Å². The van der Waals surface area contributed by atoms with Crippen LogP contribution < -0.4 is 5.32 Å². The number of hydrogen-bond acceptors (Lipinski definition) is 2. The molecule has 2 nitrogen and oxygen atoms in total. The Labute approximate surface area is 101 Å². The quantitative estimate of drug-likeness (QED) is 0.896. The molecule has 0 saturated heterocycles. The van der Waals surface area contributed by atoms with Gasteiger partial charge in [0.2, 0.25) is 0 Å². The Bertz CT molecular complexity index is 318. The van der Waals surface area contributed by atoms with Crippen molar-refractivity contribution in [2.75, 3.05) is 5.32 Å². The largest absolute Gasteiger partial charge is 0.367 e. The summed E-state index contributed by atoms with van der Waals surface area (Å²) in [6.07, 6.45) is 2.92. The Balaban J connectivity index is 2.59. The Morgan fingerprint density at radius 2 is 2.13 bits per heavy atom. The van der Waals surface area contributed by atoms with Gasteiger partial charge in [-0.1, -0.05) is 20.8 Å². The summed E-state index contributed by atoms with van der Waals surface area (Å²) in [6, 6.07) is 4.35. The molecule has 1 rings (SSSR count). The molecule has 15 heavy (non-hydrogen) atoms. The van der Waals surface area contributed by atoms with Crippen LogP contribution in [-0.2, 0) is 0 Å². The van der Waals surface area contributed by atoms with Gasteiger partial charge in [-0.25, -0.2) is 4.98 Å². The normalized spacial score (nSPS) is 13.7. The van der Waals surface area contributed by atoms with Gasteiger partial charge in [-0.3, -0.25) is 0 Å². The predicted molar refractivity (Wildman–Crippen MR) is 69.1 cm³/mol. The molecule has 3 heteroatoms. The third kappa shape index (κ3) is 4.65. The van der Waals surface area contributed by atoms with Gasteiger partial charge in [0.25, 0.3) is 0 Å². The second-order valence-electron chi connectivity index (χ2n) is 5.14. The average Bonchev–Trinajstić information content (AvgIpc) is 2.05. The molecule has 0 spiro atoms. The maximum atomic E-state index is 4.29. The van der Waals surface area contributed by atoms with Crippen LogP contribution in [0.3, 0.4) is 0 Å². The number of anilines is 1. The number of aromatic nitrogens is 1. The molecule has 1 aromatic heterocycles. The molecule has 1 N–H and O–H groups in total. The standard InChI is InChI=1S/C12H19BrN2/c1-9(8-12(2,3)4)15-11-10(13)6-5-7-14-11/h5-7,9H,8H2,1-4H3,(H,14,15). The van der Waals surface area contributed by atoms with Crippen LogP contribution in [0.5, 0.6) is 0 Å². The minimum Gasteiger partial charge on any atom is -0.367 e. The summed E-state index contributed by atoms with van der Waals surface area (Å²) in [4.78, 5) is 4.29. The molecule has 0 amide bonds. The minimum absolute atomic E-state index is 0.341. The number of nitrogens with one attached hydrogen (secondary N) is 1. The zero-order valence-corrected chi connectivity index (χ0v) is 11.4. The minimum atomic E-state index is 0.341. The highest BCUT2D eigenvalue weighted by atomic mass is 79.9. The van der Waals surface area contributed by atoms with Crippen LogP contribution in [0, 0.1) is 5.41 Å². The first-order valence-electron chi connectivity index (χ1n) is 5.25. The second kappa shape index (κ2) is 4.97. The molecule has 0 bridgehead atoms. The third-order valence-electron chi connectivity index (χ3n) is 2.06. The lowest BCUT2D eigenvalue weighted by Crippen LogP contribution is -2.23. The van der Waals surface area contributed by atoms with Crippen LogP contribution in [0.2, 0.25) is 0 Å². The van der Waals surface area contributed by atoms with Gasteiger partial charge in [0, 0.05) is 12.2 Å². The van der Waals surface area contributed by atoms with Crippen molar-refractivity contribution in [3.05, 3.63) is 22.8 Å². The first-order valence-corrected chi connectivity index (χ1v) is 6.05. The molecule has 0 fully saturated rings. The van der Waals surface area contributed by atoms with Crippen molar-refractivity contribution in [1.82, 2.24) is 4.98 Å². The number of pyridine rings is 1. The molecule has 1 unspecified atom stereocenters. The lowest BCUT2D eigenvalue weighted by Gasteiger charge is -2.24. The summed E-state index contributed by atoms with van der Waals surface area (Å²) in [6.45, 7) is 8.93. The fourth-order valence-corrected chi connectivity index (χ4v) is 2.06. The zero-order chi connectivity index (χ0) is 11.5. The van der Waals surface area contributed by atoms with Gasteiger partial charge in [0.1, 0.15) is 5.82 Å². The van der Waals surface area contributed by atoms with Crippen LogP contribution in [-0.4, -0.2) is 11.0 Å². The summed E-state index contributed by atoms with van der Waals surface area (Å²) < 4.78 is 1.02. The van der Waals surface area contributed by atoms with Gasteiger partial charge in [-0.05, 0) is 46.8 Å². The van der Waals surface area contributed by atoms with E-state index in [-0.39, 0.29) is 0 Å². The summed E-state index contributed by atoms with van der Waals surface area (Å²) in [5.74, 6) is 0.925. The molecular weight excluding hydrogens is 252 g/mol. The molecule has 1 heterocycles. The highest BCUT2D eigenvalue weighted by Crippen LogP contribution is 2.24. The van der Waals surface area contributed by atoms with Gasteiger partial charge < -0.3 is 5.32 Å². The molecule has 0 aliphatic heterocycles. The summed E-state index contributed by atoms with van der Waals surface area (Å²) in [5, 5.41) is 3.41. The molecule has 84 valence electrons. The van der Waals surface area contributed by atoms with Crippen molar-refractivity contribution in [3.8, 4) is 0 Å². The van der Waals surface area contributed by atoms with Gasteiger partial charge in [-0.15, -0.1) is 0 Å². The van der Waals surface area contributed by atoms with Gasteiger partial charge >= 0.3 is 0 Å². The second-order valence-corrected chi connectivity index (χ2v) is 6.00. The van der Waals surface area contributed by atoms with E-state index in [1.54, 1.807) is 6.20 Å². The van der Waals surface area contributed by atoms with Gasteiger partial charge in [-0.2, -0.15) is 0 Å². The van der Waals surface area contributed by atoms with Crippen LogP contribution in [0.1, 0.15) is 34.1 Å². The van der Waals surface area contributed by atoms with Crippen molar-refractivity contribution in [3.63, 3.8) is 0 Å². The number of halogens is 1. The van der Waals surface area contributed by atoms with Crippen LogP contribution in [0.4, 0.5) is 5.82 Å². The fourth-order valence-electron chi connectivity index (χ4n) is 1.69. The van der Waals surface area contributed by atoms with Crippen molar-refractivity contribution in [2.45, 2.75) is 40.2 Å². The van der Waals surface area contributed by atoms with Crippen LogP contribution in [0.25, 0.3) is 0 Å². The van der Waals surface area contributed by atoms with E-state index in [0.29, 0.717) is 11.5 Å². The highest BCUT2D eigenvalue weighted by molar-refractivity contribution is 9.10. The van der Waals surface area contributed by atoms with E-state index in [4.69, 9.17) is 0 Å². The maximum Gasteiger partial charge on any atom is 0.140 e. The summed E-state index contributed by atoms with van der Waals surface area (Å²) in [5.41, 5.74) is 0.341. The summed E-state index contributed by atoms with van der Waals surface area (Å²) >= 11 is 3.48. The molecular formula is C12H19BrN2. The zero-order valence-electron chi connectivity index (χ0n) is 9.84. The first kappa shape index (κ1) is 12.5. The fraction of sp³-hybridized carbons (Fsp3) is 0.583. The smallest absolute Gasteiger partial charge is 0.140 e. The maximum absolute atomic E-state index is 4.29. The molecule has 0 aromatic carbocycles. The lowest BCUT2D eigenvalue weighted by molar-refractivity contribution is 0.357. The Hall–Kier alpha value is -0.570. The number of hydrogen-bond donors (Lipinski definition) is 1. The molecule has 1 aromatic rings. The average molecular weight is 271 g/mol. The number of nitrogens with zero attached hydrogens (tertiary/aromatic N) is 1. The Kier molecular flexibility index (Phi) is 4.14. The van der Waals surface area contributed by atoms with E-state index < -0.39 is 0 Å². The Morgan fingerprint density at radius 3 is 2.67 bits per heavy atom. The lowest BCUT2D eigenvalue weighted by atomic mass is 9.89. The van der Waals surface area contributed by atoms with E-state index >= 15 is 0 Å². The molecule has 0 saturated carbocycles. The summed E-state index contributed by atoms with van der Waals surface area (Å²) in [7, 11) is 0. The van der Waals surface area contributed by atoms with E-state index in [2.05, 4.69) is 53.9 Å². The molecule has 0 radical (unpaired) electrons. The van der Waals surface area contributed by atoms with E-state index in [1.807, 2.05) is 12.1 Å². The van der Waals surface area contributed by atoms with E-state index in [0.717, 1.165) is 16.7 Å². The van der Waals surface area contributed by atoms with E-state index in [9.17, 15) is 0 Å². The van der Waals surface area contributed by atoms with Gasteiger partial charge in [0.15, 0.2) is 0 Å². The Morgan fingerprint density at radius 1 is 1.47 bits per heavy atom. The monoisotopic (exact) mass is 270 g/mol. The molecule has 1 atom stereocenters. The topological polar surface area (TPSA) is 24.9 Å². The third-order valence-corrected chi connectivity index (χ3v) is 2.70. The molecule has 0 aliphatic rings. The number of rotatable bonds is 3. The molecule has 0 aliphatic carbocycles. The SMILES string of the molecule is CC(CC(C)(C)C)Nc1ncccc1Br. The van der Waals surface area contributed by atoms with Crippen LogP contribution >= 0.6 is 15.9 Å². The van der Waals surface area contributed by atoms with Crippen molar-refractivity contribution >= 4 is 21.7 Å². The first-order chi connectivity index (χ1) is 6.88. The van der Waals surface area contributed by atoms with Crippen molar-refractivity contribution < 1.29 is 0 Å². The predicted octanol–water partition coefficient (Wildman–Crippen LogP) is 4.08. The van der Waals surface area contributed by atoms with Gasteiger partial charge in [0.05, 0.1) is 4.47 Å². The highest BCUT2D eigenvalue weighted by Gasteiger charge is 2.15.